The van der Waals surface area contributed by atoms with Crippen LogP contribution in [0.2, 0.25) is 0 Å². The minimum atomic E-state index is -0.174. The molecular formula is C8H12N4O. The third-order valence-corrected chi connectivity index (χ3v) is 1.50. The van der Waals surface area contributed by atoms with Crippen molar-refractivity contribution in [1.29, 1.82) is 0 Å². The number of hydrogen-bond acceptors (Lipinski definition) is 3. The minimum absolute atomic E-state index is 0.0206. The van der Waals surface area contributed by atoms with Gasteiger partial charge in [-0.3, -0.25) is 9.48 Å². The molecule has 1 rings (SSSR count). The van der Waals surface area contributed by atoms with Crippen LogP contribution in [0.3, 0.4) is 0 Å². The molecule has 1 amide bonds. The second-order valence-corrected chi connectivity index (χ2v) is 2.73. The third-order valence-electron chi connectivity index (χ3n) is 1.50. The highest BCUT2D eigenvalue weighted by Crippen LogP contribution is 1.88. The van der Waals surface area contributed by atoms with Gasteiger partial charge in [0, 0.05) is 6.04 Å². The zero-order valence-corrected chi connectivity index (χ0v) is 7.47. The Hall–Kier alpha value is -1.65. The monoisotopic (exact) mass is 180 g/mol. The second-order valence-electron chi connectivity index (χ2n) is 2.73. The molecule has 0 fully saturated rings. The van der Waals surface area contributed by atoms with Gasteiger partial charge in [0.15, 0.2) is 0 Å². The van der Waals surface area contributed by atoms with E-state index in [4.69, 9.17) is 0 Å². The normalized spacial score (nSPS) is 12.1. The Morgan fingerprint density at radius 1 is 1.85 bits per heavy atom. The Bertz CT molecular complexity index is 280. The summed E-state index contributed by atoms with van der Waals surface area (Å²) in [7, 11) is 0. The molecule has 0 saturated carbocycles. The van der Waals surface area contributed by atoms with Gasteiger partial charge in [-0.1, -0.05) is 6.58 Å². The predicted molar refractivity (Wildman–Crippen MR) is 47.8 cm³/mol. The summed E-state index contributed by atoms with van der Waals surface area (Å²) in [6.45, 7) is 5.87. The molecule has 0 radical (unpaired) electrons. The fourth-order valence-corrected chi connectivity index (χ4v) is 0.955. The molecule has 0 aliphatic carbocycles. The standard InChI is InChI=1S/C8H12N4O/c1-3-8(13)11-7(2)4-12-6-9-5-10-12/h3,5-7H,1,4H2,2H3,(H,11,13). The number of hydrogen-bond donors (Lipinski definition) is 1. The molecule has 13 heavy (non-hydrogen) atoms. The molecular weight excluding hydrogens is 168 g/mol. The molecule has 1 N–H and O–H groups in total. The van der Waals surface area contributed by atoms with Crippen LogP contribution >= 0.6 is 0 Å². The fourth-order valence-electron chi connectivity index (χ4n) is 0.955. The maximum absolute atomic E-state index is 10.9. The van der Waals surface area contributed by atoms with Crippen LogP contribution in [-0.4, -0.2) is 26.7 Å². The van der Waals surface area contributed by atoms with Crippen LogP contribution < -0.4 is 5.32 Å². The first kappa shape index (κ1) is 9.44. The first-order valence-electron chi connectivity index (χ1n) is 3.97. The summed E-state index contributed by atoms with van der Waals surface area (Å²) in [5, 5.41) is 6.64. The van der Waals surface area contributed by atoms with Gasteiger partial charge >= 0.3 is 0 Å². The van der Waals surface area contributed by atoms with Crippen molar-refractivity contribution in [3.05, 3.63) is 25.3 Å². The number of carbonyl (C=O) groups excluding carboxylic acids is 1. The molecule has 0 spiro atoms. The molecule has 70 valence electrons. The molecule has 1 heterocycles. The van der Waals surface area contributed by atoms with E-state index in [1.165, 1.54) is 12.4 Å². The lowest BCUT2D eigenvalue weighted by atomic mass is 10.3. The number of aromatic nitrogens is 3. The first-order chi connectivity index (χ1) is 6.22. The van der Waals surface area contributed by atoms with Crippen molar-refractivity contribution in [1.82, 2.24) is 20.1 Å². The van der Waals surface area contributed by atoms with Crippen molar-refractivity contribution in [3.8, 4) is 0 Å². The predicted octanol–water partition coefficient (Wildman–Crippen LogP) is -0.0312. The van der Waals surface area contributed by atoms with Crippen molar-refractivity contribution in [2.75, 3.05) is 0 Å². The molecule has 1 aromatic heterocycles. The third kappa shape index (κ3) is 3.06. The molecule has 0 bridgehead atoms. The van der Waals surface area contributed by atoms with Gasteiger partial charge in [-0.15, -0.1) is 0 Å². The average Bonchev–Trinajstić information content (AvgIpc) is 2.56. The van der Waals surface area contributed by atoms with Gasteiger partial charge in [-0.2, -0.15) is 5.10 Å². The summed E-state index contributed by atoms with van der Waals surface area (Å²) >= 11 is 0. The van der Waals surface area contributed by atoms with E-state index in [1.54, 1.807) is 11.0 Å². The summed E-state index contributed by atoms with van der Waals surface area (Å²) in [6, 6.07) is 0.0206. The molecule has 1 aromatic rings. The first-order valence-corrected chi connectivity index (χ1v) is 3.97. The van der Waals surface area contributed by atoms with E-state index in [0.29, 0.717) is 6.54 Å². The van der Waals surface area contributed by atoms with Crippen LogP contribution in [0.1, 0.15) is 6.92 Å². The van der Waals surface area contributed by atoms with Gasteiger partial charge < -0.3 is 5.32 Å². The van der Waals surface area contributed by atoms with Crippen molar-refractivity contribution in [2.45, 2.75) is 19.5 Å². The fraction of sp³-hybridized carbons (Fsp3) is 0.375. The van der Waals surface area contributed by atoms with Crippen LogP contribution in [0.5, 0.6) is 0 Å². The number of nitrogens with one attached hydrogen (secondary N) is 1. The Labute approximate surface area is 76.5 Å². The summed E-state index contributed by atoms with van der Waals surface area (Å²) < 4.78 is 1.66. The van der Waals surface area contributed by atoms with Crippen LogP contribution in [0.4, 0.5) is 0 Å². The SMILES string of the molecule is C=CC(=O)NC(C)Cn1cncn1. The van der Waals surface area contributed by atoms with Crippen LogP contribution in [0.15, 0.2) is 25.3 Å². The highest BCUT2D eigenvalue weighted by atomic mass is 16.1. The van der Waals surface area contributed by atoms with Crippen molar-refractivity contribution in [2.24, 2.45) is 0 Å². The number of amides is 1. The van der Waals surface area contributed by atoms with Crippen molar-refractivity contribution in [3.63, 3.8) is 0 Å². The van der Waals surface area contributed by atoms with Gasteiger partial charge in [0.1, 0.15) is 12.7 Å². The zero-order valence-electron chi connectivity index (χ0n) is 7.47. The summed E-state index contributed by atoms with van der Waals surface area (Å²) in [4.78, 5) is 14.7. The summed E-state index contributed by atoms with van der Waals surface area (Å²) in [6.07, 6.45) is 4.32. The largest absolute Gasteiger partial charge is 0.348 e. The average molecular weight is 180 g/mol. The van der Waals surface area contributed by atoms with Crippen LogP contribution in [0.25, 0.3) is 0 Å². The van der Waals surface area contributed by atoms with Gasteiger partial charge in [-0.05, 0) is 13.0 Å². The molecule has 1 unspecified atom stereocenters. The van der Waals surface area contributed by atoms with E-state index < -0.39 is 0 Å². The van der Waals surface area contributed by atoms with Gasteiger partial charge in [0.05, 0.1) is 6.54 Å². The van der Waals surface area contributed by atoms with Crippen LogP contribution in [-0.2, 0) is 11.3 Å². The van der Waals surface area contributed by atoms with Gasteiger partial charge in [0.25, 0.3) is 0 Å². The lowest BCUT2D eigenvalue weighted by Gasteiger charge is -2.11. The quantitative estimate of drug-likeness (QED) is 0.662. The molecule has 0 aliphatic rings. The maximum atomic E-state index is 10.9. The molecule has 5 nitrogen and oxygen atoms in total. The zero-order chi connectivity index (χ0) is 9.68. The summed E-state index contributed by atoms with van der Waals surface area (Å²) in [5.74, 6) is -0.174. The Morgan fingerprint density at radius 2 is 2.62 bits per heavy atom. The second kappa shape index (κ2) is 4.39. The number of nitrogens with zero attached hydrogens (tertiary/aromatic N) is 3. The topological polar surface area (TPSA) is 59.8 Å². The minimum Gasteiger partial charge on any atom is -0.348 e. The van der Waals surface area contributed by atoms with E-state index in [-0.39, 0.29) is 11.9 Å². The highest BCUT2D eigenvalue weighted by molar-refractivity contribution is 5.87. The highest BCUT2D eigenvalue weighted by Gasteiger charge is 2.04. The maximum Gasteiger partial charge on any atom is 0.243 e. The molecule has 0 aromatic carbocycles. The molecule has 0 saturated heterocycles. The van der Waals surface area contributed by atoms with Crippen molar-refractivity contribution >= 4 is 5.91 Å². The molecule has 1 atom stereocenters. The van der Waals surface area contributed by atoms with E-state index in [0.717, 1.165) is 0 Å². The lowest BCUT2D eigenvalue weighted by Crippen LogP contribution is -2.34. The molecule has 5 heteroatoms. The smallest absolute Gasteiger partial charge is 0.243 e. The Balaban J connectivity index is 2.37. The van der Waals surface area contributed by atoms with Crippen molar-refractivity contribution < 1.29 is 4.79 Å². The number of carbonyl (C=O) groups is 1. The molecule has 0 aliphatic heterocycles. The van der Waals surface area contributed by atoms with E-state index >= 15 is 0 Å². The lowest BCUT2D eigenvalue weighted by molar-refractivity contribution is -0.117. The Morgan fingerprint density at radius 3 is 3.15 bits per heavy atom. The summed E-state index contributed by atoms with van der Waals surface area (Å²) in [5.41, 5.74) is 0. The van der Waals surface area contributed by atoms with Crippen LogP contribution in [0, 0.1) is 0 Å². The van der Waals surface area contributed by atoms with E-state index in [1.807, 2.05) is 6.92 Å². The van der Waals surface area contributed by atoms with Gasteiger partial charge in [-0.25, -0.2) is 4.98 Å². The van der Waals surface area contributed by atoms with E-state index in [9.17, 15) is 4.79 Å². The van der Waals surface area contributed by atoms with Gasteiger partial charge in [0.2, 0.25) is 5.91 Å². The van der Waals surface area contributed by atoms with E-state index in [2.05, 4.69) is 22.0 Å². The number of rotatable bonds is 4. The Kier molecular flexibility index (Phi) is 3.19.